The zero-order valence-electron chi connectivity index (χ0n) is 15.7. The number of rotatable bonds is 5. The van der Waals surface area contributed by atoms with Gasteiger partial charge in [0, 0.05) is 37.9 Å². The van der Waals surface area contributed by atoms with Gasteiger partial charge in [-0.15, -0.1) is 0 Å². The van der Waals surface area contributed by atoms with E-state index in [1.165, 1.54) is 0 Å². The van der Waals surface area contributed by atoms with Crippen LogP contribution in [0.1, 0.15) is 60.4 Å². The zero-order chi connectivity index (χ0) is 18.4. The predicted octanol–water partition coefficient (Wildman–Crippen LogP) is 2.90. The summed E-state index contributed by atoms with van der Waals surface area (Å²) in [7, 11) is 3.71. The van der Waals surface area contributed by atoms with Crippen molar-refractivity contribution in [3.63, 3.8) is 0 Å². The van der Waals surface area contributed by atoms with Gasteiger partial charge in [-0.3, -0.25) is 9.48 Å². The molecule has 7 nitrogen and oxygen atoms in total. The van der Waals surface area contributed by atoms with Crippen molar-refractivity contribution in [2.24, 2.45) is 7.05 Å². The third kappa shape index (κ3) is 2.87. The second-order valence-corrected chi connectivity index (χ2v) is 7.40. The Kier molecular flexibility index (Phi) is 4.01. The number of hydrogen-bond acceptors (Lipinski definition) is 4. The first-order chi connectivity index (χ1) is 12.5. The largest absolute Gasteiger partial charge is 0.336 e. The molecule has 1 aliphatic carbocycles. The van der Waals surface area contributed by atoms with Crippen LogP contribution in [0.5, 0.6) is 0 Å². The summed E-state index contributed by atoms with van der Waals surface area (Å²) in [5.74, 6) is 0.465. The molecule has 0 unspecified atom stereocenters. The van der Waals surface area contributed by atoms with E-state index >= 15 is 0 Å². The molecule has 0 atom stereocenters. The van der Waals surface area contributed by atoms with Gasteiger partial charge < -0.3 is 4.90 Å². The number of hydrogen-bond donors (Lipinski definition) is 0. The molecule has 3 aromatic heterocycles. The smallest absolute Gasteiger partial charge is 0.254 e. The van der Waals surface area contributed by atoms with Gasteiger partial charge in [-0.2, -0.15) is 10.2 Å². The Morgan fingerprint density at radius 3 is 2.73 bits per heavy atom. The van der Waals surface area contributed by atoms with E-state index in [1.807, 2.05) is 30.9 Å². The summed E-state index contributed by atoms with van der Waals surface area (Å²) in [4.78, 5) is 19.8. The second kappa shape index (κ2) is 6.23. The predicted molar refractivity (Wildman–Crippen MR) is 98.9 cm³/mol. The lowest BCUT2D eigenvalue weighted by molar-refractivity contribution is 0.0783. The molecular weight excluding hydrogens is 328 g/mol. The van der Waals surface area contributed by atoms with Crippen molar-refractivity contribution in [2.45, 2.75) is 45.2 Å². The molecule has 1 saturated carbocycles. The molecule has 0 aliphatic heterocycles. The highest BCUT2D eigenvalue weighted by Gasteiger charge is 2.29. The van der Waals surface area contributed by atoms with Crippen LogP contribution in [0.3, 0.4) is 0 Å². The van der Waals surface area contributed by atoms with E-state index in [1.54, 1.807) is 22.0 Å². The molecular formula is C19H24N6O. The first kappa shape index (κ1) is 16.8. The van der Waals surface area contributed by atoms with E-state index in [2.05, 4.69) is 24.0 Å². The highest BCUT2D eigenvalue weighted by Crippen LogP contribution is 2.40. The van der Waals surface area contributed by atoms with Crippen molar-refractivity contribution in [2.75, 3.05) is 7.05 Å². The number of carbonyl (C=O) groups is 1. The quantitative estimate of drug-likeness (QED) is 0.708. The third-order valence-corrected chi connectivity index (χ3v) is 4.97. The van der Waals surface area contributed by atoms with Crippen LogP contribution in [0.4, 0.5) is 0 Å². The first-order valence-electron chi connectivity index (χ1n) is 9.06. The summed E-state index contributed by atoms with van der Waals surface area (Å²) >= 11 is 0. The Morgan fingerprint density at radius 1 is 1.35 bits per heavy atom. The topological polar surface area (TPSA) is 68.8 Å². The van der Waals surface area contributed by atoms with Crippen molar-refractivity contribution in [3.8, 4) is 0 Å². The maximum absolute atomic E-state index is 13.2. The minimum atomic E-state index is -0.0104. The van der Waals surface area contributed by atoms with Crippen LogP contribution in [0.25, 0.3) is 11.0 Å². The van der Waals surface area contributed by atoms with Crippen LogP contribution in [0.2, 0.25) is 0 Å². The van der Waals surface area contributed by atoms with E-state index in [4.69, 9.17) is 4.98 Å². The minimum absolute atomic E-state index is 0.0104. The van der Waals surface area contributed by atoms with Crippen molar-refractivity contribution >= 4 is 16.9 Å². The number of fused-ring (bicyclic) bond motifs is 1. The summed E-state index contributed by atoms with van der Waals surface area (Å²) < 4.78 is 3.69. The molecule has 0 N–H and O–H groups in total. The minimum Gasteiger partial charge on any atom is -0.336 e. The normalized spacial score (nSPS) is 14.3. The van der Waals surface area contributed by atoms with E-state index in [9.17, 15) is 4.79 Å². The zero-order valence-corrected chi connectivity index (χ0v) is 15.7. The van der Waals surface area contributed by atoms with Crippen LogP contribution in [0, 0.1) is 0 Å². The molecule has 3 heterocycles. The van der Waals surface area contributed by atoms with Gasteiger partial charge in [0.1, 0.15) is 0 Å². The second-order valence-electron chi connectivity index (χ2n) is 7.40. The lowest BCUT2D eigenvalue weighted by atomic mass is 10.1. The first-order valence-corrected chi connectivity index (χ1v) is 9.06. The van der Waals surface area contributed by atoms with Gasteiger partial charge in [0.25, 0.3) is 5.91 Å². The number of carbonyl (C=O) groups excluding carboxylic acids is 1. The molecule has 7 heteroatoms. The average molecular weight is 352 g/mol. The van der Waals surface area contributed by atoms with Gasteiger partial charge >= 0.3 is 0 Å². The molecule has 0 aromatic carbocycles. The average Bonchev–Trinajstić information content (AvgIpc) is 3.26. The Bertz CT molecular complexity index is 966. The summed E-state index contributed by atoms with van der Waals surface area (Å²) in [5.41, 5.74) is 3.50. The molecule has 1 aliphatic rings. The maximum Gasteiger partial charge on any atom is 0.254 e. The Morgan fingerprint density at radius 2 is 2.12 bits per heavy atom. The molecule has 0 saturated heterocycles. The molecule has 0 spiro atoms. The van der Waals surface area contributed by atoms with Gasteiger partial charge in [0.05, 0.1) is 29.4 Å². The number of amides is 1. The van der Waals surface area contributed by atoms with Crippen molar-refractivity contribution in [1.82, 2.24) is 29.4 Å². The fourth-order valence-corrected chi connectivity index (χ4v) is 3.26. The summed E-state index contributed by atoms with van der Waals surface area (Å²) in [5, 5.41) is 9.48. The molecule has 26 heavy (non-hydrogen) atoms. The van der Waals surface area contributed by atoms with Gasteiger partial charge in [0.15, 0.2) is 5.65 Å². The van der Waals surface area contributed by atoms with Crippen molar-refractivity contribution in [1.29, 1.82) is 0 Å². The Labute approximate surface area is 152 Å². The van der Waals surface area contributed by atoms with E-state index < -0.39 is 0 Å². The molecule has 4 rings (SSSR count). The SMILES string of the molecule is CC(C)n1ncc2c(C(=O)N(C)Cc3ccnn3C)cc(C3CC3)nc21. The fourth-order valence-electron chi connectivity index (χ4n) is 3.26. The van der Waals surface area contributed by atoms with Gasteiger partial charge in [-0.25, -0.2) is 9.67 Å². The third-order valence-electron chi connectivity index (χ3n) is 4.97. The van der Waals surface area contributed by atoms with Crippen LogP contribution in [-0.2, 0) is 13.6 Å². The summed E-state index contributed by atoms with van der Waals surface area (Å²) in [6.07, 6.45) is 5.81. The summed E-state index contributed by atoms with van der Waals surface area (Å²) in [6.45, 7) is 4.66. The summed E-state index contributed by atoms with van der Waals surface area (Å²) in [6, 6.07) is 4.09. The number of pyridine rings is 1. The Hall–Kier alpha value is -2.70. The highest BCUT2D eigenvalue weighted by atomic mass is 16.2. The van der Waals surface area contributed by atoms with Crippen LogP contribution in [-0.4, -0.2) is 42.4 Å². The number of aryl methyl sites for hydroxylation is 1. The van der Waals surface area contributed by atoms with E-state index in [0.717, 1.165) is 35.3 Å². The van der Waals surface area contributed by atoms with E-state index in [-0.39, 0.29) is 11.9 Å². The highest BCUT2D eigenvalue weighted by molar-refractivity contribution is 6.05. The van der Waals surface area contributed by atoms with Crippen LogP contribution in [0.15, 0.2) is 24.5 Å². The maximum atomic E-state index is 13.2. The fraction of sp³-hybridized carbons (Fsp3) is 0.474. The van der Waals surface area contributed by atoms with Crippen molar-refractivity contribution in [3.05, 3.63) is 41.5 Å². The molecule has 1 amide bonds. The molecule has 136 valence electrons. The standard InChI is InChI=1S/C19H24N6O/c1-12(2)25-18-16(10-21-25)15(9-17(22-18)13-5-6-13)19(26)23(3)11-14-7-8-20-24(14)4/h7-10,12-13H,5-6,11H2,1-4H3. The van der Waals surface area contributed by atoms with Crippen LogP contribution >= 0.6 is 0 Å². The van der Waals surface area contributed by atoms with Gasteiger partial charge in [0.2, 0.25) is 0 Å². The van der Waals surface area contributed by atoms with E-state index in [0.29, 0.717) is 18.0 Å². The molecule has 3 aromatic rings. The molecule has 0 bridgehead atoms. The number of aromatic nitrogens is 5. The monoisotopic (exact) mass is 352 g/mol. The van der Waals surface area contributed by atoms with Gasteiger partial charge in [-0.1, -0.05) is 0 Å². The van der Waals surface area contributed by atoms with Crippen LogP contribution < -0.4 is 0 Å². The Balaban J connectivity index is 1.74. The number of nitrogens with zero attached hydrogens (tertiary/aromatic N) is 6. The molecule has 1 fully saturated rings. The lowest BCUT2D eigenvalue weighted by Crippen LogP contribution is -2.27. The van der Waals surface area contributed by atoms with Gasteiger partial charge in [-0.05, 0) is 38.8 Å². The van der Waals surface area contributed by atoms with Crippen molar-refractivity contribution < 1.29 is 4.79 Å². The molecule has 0 radical (unpaired) electrons. The lowest BCUT2D eigenvalue weighted by Gasteiger charge is -2.18.